The molecule has 1 aromatic heterocycles. The summed E-state index contributed by atoms with van der Waals surface area (Å²) in [6.45, 7) is 6.17. The summed E-state index contributed by atoms with van der Waals surface area (Å²) >= 11 is 0. The smallest absolute Gasteiger partial charge is 0.255 e. The minimum absolute atomic E-state index is 0.0689. The number of nitrogens with one attached hydrogen (secondary N) is 2. The van der Waals surface area contributed by atoms with Gasteiger partial charge in [-0.25, -0.2) is 0 Å². The first-order valence-electron chi connectivity index (χ1n) is 9.23. The molecule has 0 fully saturated rings. The molecule has 0 saturated carbocycles. The van der Waals surface area contributed by atoms with Crippen LogP contribution in [-0.4, -0.2) is 28.8 Å². The van der Waals surface area contributed by atoms with Crippen LogP contribution in [0.3, 0.4) is 0 Å². The number of nitrogens with zero attached hydrogens (tertiary/aromatic N) is 2. The van der Waals surface area contributed by atoms with Crippen molar-refractivity contribution in [3.8, 4) is 0 Å². The number of hydrogen-bond donors (Lipinski definition) is 2. The SMILES string of the molecule is CC(C)n1cc2cc(NC(=O)c3ccc4c(c3)CCNCC4)ccc2n1. The quantitative estimate of drug-likeness (QED) is 0.761. The Morgan fingerprint density at radius 3 is 2.73 bits per heavy atom. The van der Waals surface area contributed by atoms with Gasteiger partial charge < -0.3 is 10.6 Å². The van der Waals surface area contributed by atoms with Crippen molar-refractivity contribution in [3.05, 3.63) is 59.3 Å². The van der Waals surface area contributed by atoms with Gasteiger partial charge >= 0.3 is 0 Å². The first-order valence-corrected chi connectivity index (χ1v) is 9.23. The van der Waals surface area contributed by atoms with Crippen LogP contribution < -0.4 is 10.6 Å². The molecular weight excluding hydrogens is 324 g/mol. The zero-order valence-electron chi connectivity index (χ0n) is 15.2. The number of carbonyl (C=O) groups excluding carboxylic acids is 1. The van der Waals surface area contributed by atoms with Crippen molar-refractivity contribution >= 4 is 22.5 Å². The van der Waals surface area contributed by atoms with Crippen LogP contribution in [0.2, 0.25) is 0 Å². The summed E-state index contributed by atoms with van der Waals surface area (Å²) in [4.78, 5) is 12.7. The third kappa shape index (κ3) is 3.35. The van der Waals surface area contributed by atoms with Gasteiger partial charge in [-0.1, -0.05) is 6.07 Å². The van der Waals surface area contributed by atoms with Crippen LogP contribution >= 0.6 is 0 Å². The zero-order valence-corrected chi connectivity index (χ0v) is 15.2. The Balaban J connectivity index is 1.56. The zero-order chi connectivity index (χ0) is 18.1. The maximum atomic E-state index is 12.7. The van der Waals surface area contributed by atoms with Crippen LogP contribution in [0.4, 0.5) is 5.69 Å². The third-order valence-electron chi connectivity index (χ3n) is 4.92. The Morgan fingerprint density at radius 1 is 1.12 bits per heavy atom. The van der Waals surface area contributed by atoms with E-state index in [0.717, 1.165) is 42.5 Å². The lowest BCUT2D eigenvalue weighted by atomic mass is 10.00. The van der Waals surface area contributed by atoms with Gasteiger partial charge in [-0.2, -0.15) is 5.10 Å². The molecule has 134 valence electrons. The van der Waals surface area contributed by atoms with Crippen LogP contribution in [0, 0.1) is 0 Å². The largest absolute Gasteiger partial charge is 0.322 e. The highest BCUT2D eigenvalue weighted by Gasteiger charge is 2.13. The molecule has 0 bridgehead atoms. The highest BCUT2D eigenvalue weighted by molar-refractivity contribution is 6.05. The predicted molar refractivity (Wildman–Crippen MR) is 105 cm³/mol. The topological polar surface area (TPSA) is 59.0 Å². The Kier molecular flexibility index (Phi) is 4.47. The average molecular weight is 348 g/mol. The average Bonchev–Trinajstić information content (AvgIpc) is 2.91. The van der Waals surface area contributed by atoms with Crippen LogP contribution in [-0.2, 0) is 12.8 Å². The fourth-order valence-corrected chi connectivity index (χ4v) is 3.41. The molecule has 0 atom stereocenters. The Labute approximate surface area is 153 Å². The molecule has 4 rings (SSSR count). The maximum absolute atomic E-state index is 12.7. The summed E-state index contributed by atoms with van der Waals surface area (Å²) in [7, 11) is 0. The van der Waals surface area contributed by atoms with Crippen molar-refractivity contribution in [1.82, 2.24) is 15.1 Å². The Morgan fingerprint density at radius 2 is 1.92 bits per heavy atom. The van der Waals surface area contributed by atoms with Crippen molar-refractivity contribution in [1.29, 1.82) is 0 Å². The minimum atomic E-state index is -0.0689. The van der Waals surface area contributed by atoms with E-state index in [1.165, 1.54) is 11.1 Å². The van der Waals surface area contributed by atoms with Gasteiger partial charge in [0.05, 0.1) is 5.52 Å². The highest BCUT2D eigenvalue weighted by atomic mass is 16.1. The summed E-state index contributed by atoms with van der Waals surface area (Å²) in [6, 6.07) is 12.2. The van der Waals surface area contributed by atoms with Gasteiger partial charge in [-0.05, 0) is 81.2 Å². The first kappa shape index (κ1) is 16.8. The standard InChI is InChI=1S/C21H24N4O/c1-14(2)25-13-18-12-19(5-6-20(18)24-25)23-21(26)17-4-3-15-7-9-22-10-8-16(15)11-17/h3-6,11-14,22H,7-10H2,1-2H3,(H,23,26). The number of carbonyl (C=O) groups is 1. The molecule has 1 aliphatic rings. The van der Waals surface area contributed by atoms with E-state index >= 15 is 0 Å². The van der Waals surface area contributed by atoms with Crippen molar-refractivity contribution in [2.75, 3.05) is 18.4 Å². The van der Waals surface area contributed by atoms with Crippen molar-refractivity contribution in [2.24, 2.45) is 0 Å². The van der Waals surface area contributed by atoms with E-state index in [9.17, 15) is 4.79 Å². The van der Waals surface area contributed by atoms with Crippen molar-refractivity contribution in [2.45, 2.75) is 32.7 Å². The van der Waals surface area contributed by atoms with Crippen molar-refractivity contribution in [3.63, 3.8) is 0 Å². The molecule has 2 heterocycles. The summed E-state index contributed by atoms with van der Waals surface area (Å²) in [6.07, 6.45) is 4.01. The van der Waals surface area contributed by atoms with Crippen LogP contribution in [0.15, 0.2) is 42.6 Å². The van der Waals surface area contributed by atoms with Gasteiger partial charge in [-0.3, -0.25) is 9.48 Å². The lowest BCUT2D eigenvalue weighted by Gasteiger charge is -2.09. The van der Waals surface area contributed by atoms with Gasteiger partial charge in [0.2, 0.25) is 0 Å². The summed E-state index contributed by atoms with van der Waals surface area (Å²) < 4.78 is 1.94. The summed E-state index contributed by atoms with van der Waals surface area (Å²) in [5.74, 6) is -0.0689. The molecule has 5 heteroatoms. The Bertz CT molecular complexity index is 958. The molecule has 0 aliphatic carbocycles. The van der Waals surface area contributed by atoms with E-state index in [-0.39, 0.29) is 5.91 Å². The molecular formula is C21H24N4O. The minimum Gasteiger partial charge on any atom is -0.322 e. The lowest BCUT2D eigenvalue weighted by Crippen LogP contribution is -2.16. The van der Waals surface area contributed by atoms with Crippen molar-refractivity contribution < 1.29 is 4.79 Å². The Hall–Kier alpha value is -2.66. The van der Waals surface area contributed by atoms with Crippen LogP contribution in [0.1, 0.15) is 41.4 Å². The molecule has 5 nitrogen and oxygen atoms in total. The highest BCUT2D eigenvalue weighted by Crippen LogP contribution is 2.21. The number of aromatic nitrogens is 2. The number of rotatable bonds is 3. The predicted octanol–water partition coefficient (Wildman–Crippen LogP) is 3.56. The van der Waals surface area contributed by atoms with Gasteiger partial charge in [-0.15, -0.1) is 0 Å². The third-order valence-corrected chi connectivity index (χ3v) is 4.92. The summed E-state index contributed by atoms with van der Waals surface area (Å²) in [5.41, 5.74) is 5.06. The normalized spacial score (nSPS) is 14.3. The van der Waals surface area contributed by atoms with Gasteiger partial charge in [0.15, 0.2) is 0 Å². The second kappa shape index (κ2) is 6.92. The number of amides is 1. The lowest BCUT2D eigenvalue weighted by molar-refractivity contribution is 0.102. The number of hydrogen-bond acceptors (Lipinski definition) is 3. The van der Waals surface area contributed by atoms with Gasteiger partial charge in [0.1, 0.15) is 0 Å². The van der Waals surface area contributed by atoms with Gasteiger partial charge in [0, 0.05) is 28.9 Å². The molecule has 26 heavy (non-hydrogen) atoms. The van der Waals surface area contributed by atoms with Gasteiger partial charge in [0.25, 0.3) is 5.91 Å². The van der Waals surface area contributed by atoms with Crippen LogP contribution in [0.25, 0.3) is 10.9 Å². The van der Waals surface area contributed by atoms with Crippen LogP contribution in [0.5, 0.6) is 0 Å². The molecule has 0 spiro atoms. The van der Waals surface area contributed by atoms with E-state index in [4.69, 9.17) is 0 Å². The fourth-order valence-electron chi connectivity index (χ4n) is 3.41. The maximum Gasteiger partial charge on any atom is 0.255 e. The number of anilines is 1. The fraction of sp³-hybridized carbons (Fsp3) is 0.333. The molecule has 3 aromatic rings. The van der Waals surface area contributed by atoms with E-state index in [2.05, 4.69) is 35.6 Å². The molecule has 0 saturated heterocycles. The molecule has 1 aliphatic heterocycles. The monoisotopic (exact) mass is 348 g/mol. The van der Waals surface area contributed by atoms with E-state index in [1.807, 2.05) is 41.2 Å². The second-order valence-corrected chi connectivity index (χ2v) is 7.16. The van der Waals surface area contributed by atoms with E-state index < -0.39 is 0 Å². The first-order chi connectivity index (χ1) is 12.6. The molecule has 2 aromatic carbocycles. The summed E-state index contributed by atoms with van der Waals surface area (Å²) in [5, 5.41) is 12.0. The molecule has 1 amide bonds. The molecule has 0 unspecified atom stereocenters. The molecule has 2 N–H and O–H groups in total. The second-order valence-electron chi connectivity index (χ2n) is 7.16. The number of benzene rings is 2. The molecule has 0 radical (unpaired) electrons. The number of fused-ring (bicyclic) bond motifs is 2. The van der Waals surface area contributed by atoms with E-state index in [1.54, 1.807) is 0 Å². The van der Waals surface area contributed by atoms with E-state index in [0.29, 0.717) is 11.6 Å².